The fourth-order valence-electron chi connectivity index (χ4n) is 1.98. The number of aryl methyl sites for hydroxylation is 2. The zero-order chi connectivity index (χ0) is 12.4. The van der Waals surface area contributed by atoms with E-state index in [1.165, 1.54) is 15.3 Å². The smallest absolute Gasteiger partial charge is 0.243 e. The van der Waals surface area contributed by atoms with Crippen LogP contribution in [0.4, 0.5) is 0 Å². The lowest BCUT2D eigenvalue weighted by Crippen LogP contribution is -2.50. The van der Waals surface area contributed by atoms with Crippen molar-refractivity contribution >= 4 is 23.2 Å². The quantitative estimate of drug-likeness (QED) is 0.796. The number of nitrogens with one attached hydrogen (secondary N) is 2. The summed E-state index contributed by atoms with van der Waals surface area (Å²) in [4.78, 5) is 25.1. The molecule has 5 heteroatoms. The molecule has 2 rings (SSSR count). The van der Waals surface area contributed by atoms with Crippen LogP contribution >= 0.6 is 11.3 Å². The molecule has 4 nitrogen and oxygen atoms in total. The van der Waals surface area contributed by atoms with Crippen LogP contribution in [0, 0.1) is 13.8 Å². The Labute approximate surface area is 104 Å². The number of carbonyl (C=O) groups excluding carboxylic acids is 2. The van der Waals surface area contributed by atoms with Gasteiger partial charge in [0.05, 0.1) is 6.04 Å². The monoisotopic (exact) mass is 252 g/mol. The summed E-state index contributed by atoms with van der Waals surface area (Å²) in [6.07, 6.45) is 1.01. The standard InChI is InChI=1S/C12H16N2O2S/c1-7-5-9(8(2)17-7)6-13-10-3-4-11(15)14-12(10)16/h5,10,13H,3-4,6H2,1-2H3,(H,14,15,16). The second kappa shape index (κ2) is 4.98. The molecular weight excluding hydrogens is 236 g/mol. The number of thiophene rings is 1. The number of amides is 2. The van der Waals surface area contributed by atoms with Crippen molar-refractivity contribution in [3.05, 3.63) is 21.4 Å². The first kappa shape index (κ1) is 12.3. The van der Waals surface area contributed by atoms with Gasteiger partial charge in [-0.2, -0.15) is 0 Å². The predicted molar refractivity (Wildman–Crippen MR) is 66.8 cm³/mol. The minimum Gasteiger partial charge on any atom is -0.302 e. The predicted octanol–water partition coefficient (Wildman–Crippen LogP) is 1.26. The molecule has 0 saturated carbocycles. The third kappa shape index (κ3) is 2.92. The lowest BCUT2D eigenvalue weighted by atomic mass is 10.1. The number of hydrogen-bond donors (Lipinski definition) is 2. The average molecular weight is 252 g/mol. The van der Waals surface area contributed by atoms with Crippen LogP contribution < -0.4 is 10.6 Å². The minimum absolute atomic E-state index is 0.171. The highest BCUT2D eigenvalue weighted by atomic mass is 32.1. The number of piperidine rings is 1. The molecule has 1 aromatic rings. The third-order valence-corrected chi connectivity index (χ3v) is 3.93. The maximum Gasteiger partial charge on any atom is 0.243 e. The van der Waals surface area contributed by atoms with E-state index < -0.39 is 0 Å². The Morgan fingerprint density at radius 2 is 2.24 bits per heavy atom. The molecule has 1 aliphatic heterocycles. The van der Waals surface area contributed by atoms with Crippen molar-refractivity contribution in [3.8, 4) is 0 Å². The summed E-state index contributed by atoms with van der Waals surface area (Å²) in [7, 11) is 0. The van der Waals surface area contributed by atoms with Gasteiger partial charge in [-0.15, -0.1) is 11.3 Å². The van der Waals surface area contributed by atoms with Crippen LogP contribution in [-0.4, -0.2) is 17.9 Å². The van der Waals surface area contributed by atoms with Gasteiger partial charge in [-0.1, -0.05) is 0 Å². The van der Waals surface area contributed by atoms with Crippen LogP contribution in [0.15, 0.2) is 6.07 Å². The van der Waals surface area contributed by atoms with E-state index in [0.717, 1.165) is 0 Å². The highest BCUT2D eigenvalue weighted by Crippen LogP contribution is 2.20. The minimum atomic E-state index is -0.243. The van der Waals surface area contributed by atoms with Crippen molar-refractivity contribution in [1.82, 2.24) is 10.6 Å². The van der Waals surface area contributed by atoms with E-state index in [9.17, 15) is 9.59 Å². The Morgan fingerprint density at radius 3 is 2.82 bits per heavy atom. The van der Waals surface area contributed by atoms with Gasteiger partial charge in [-0.3, -0.25) is 14.9 Å². The summed E-state index contributed by atoms with van der Waals surface area (Å²) in [5.74, 6) is -0.374. The fourth-order valence-corrected chi connectivity index (χ4v) is 2.93. The second-order valence-electron chi connectivity index (χ2n) is 4.32. The number of imide groups is 1. The van der Waals surface area contributed by atoms with Crippen molar-refractivity contribution in [1.29, 1.82) is 0 Å². The Kier molecular flexibility index (Phi) is 3.59. The van der Waals surface area contributed by atoms with E-state index in [1.807, 2.05) is 0 Å². The molecule has 0 aliphatic carbocycles. The molecule has 92 valence electrons. The summed E-state index contributed by atoms with van der Waals surface area (Å²) >= 11 is 1.76. The van der Waals surface area contributed by atoms with Gasteiger partial charge >= 0.3 is 0 Å². The first-order valence-corrected chi connectivity index (χ1v) is 6.51. The van der Waals surface area contributed by atoms with Gasteiger partial charge in [-0.25, -0.2) is 0 Å². The van der Waals surface area contributed by atoms with Crippen LogP contribution in [0.5, 0.6) is 0 Å². The molecule has 1 saturated heterocycles. The number of rotatable bonds is 3. The van der Waals surface area contributed by atoms with Gasteiger partial charge in [0.2, 0.25) is 11.8 Å². The van der Waals surface area contributed by atoms with Gasteiger partial charge in [0.15, 0.2) is 0 Å². The van der Waals surface area contributed by atoms with Crippen molar-refractivity contribution in [3.63, 3.8) is 0 Å². The van der Waals surface area contributed by atoms with Crippen LogP contribution in [0.2, 0.25) is 0 Å². The molecule has 0 spiro atoms. The fraction of sp³-hybridized carbons (Fsp3) is 0.500. The molecular formula is C12H16N2O2S. The van der Waals surface area contributed by atoms with E-state index in [-0.39, 0.29) is 17.9 Å². The normalized spacial score (nSPS) is 20.5. The third-order valence-electron chi connectivity index (χ3n) is 2.92. The van der Waals surface area contributed by atoms with Crippen molar-refractivity contribution in [2.45, 2.75) is 39.3 Å². The van der Waals surface area contributed by atoms with E-state index in [0.29, 0.717) is 19.4 Å². The van der Waals surface area contributed by atoms with Gasteiger partial charge in [0.25, 0.3) is 0 Å². The summed E-state index contributed by atoms with van der Waals surface area (Å²) in [6.45, 7) is 4.84. The van der Waals surface area contributed by atoms with Crippen molar-refractivity contribution in [2.75, 3.05) is 0 Å². The molecule has 0 bridgehead atoms. The average Bonchev–Trinajstić information content (AvgIpc) is 2.56. The molecule has 1 unspecified atom stereocenters. The van der Waals surface area contributed by atoms with Crippen LogP contribution in [0.25, 0.3) is 0 Å². The van der Waals surface area contributed by atoms with Crippen LogP contribution in [0.1, 0.15) is 28.2 Å². The summed E-state index contributed by atoms with van der Waals surface area (Å²) in [6, 6.07) is 1.89. The highest BCUT2D eigenvalue weighted by Gasteiger charge is 2.25. The number of hydrogen-bond acceptors (Lipinski definition) is 4. The molecule has 2 heterocycles. The first-order valence-electron chi connectivity index (χ1n) is 5.69. The summed E-state index contributed by atoms with van der Waals surface area (Å²) < 4.78 is 0. The van der Waals surface area contributed by atoms with Gasteiger partial charge < -0.3 is 5.32 Å². The molecule has 0 radical (unpaired) electrons. The summed E-state index contributed by atoms with van der Waals surface area (Å²) in [5, 5.41) is 5.55. The van der Waals surface area contributed by atoms with E-state index in [1.54, 1.807) is 11.3 Å². The molecule has 2 amide bonds. The maximum absolute atomic E-state index is 11.5. The molecule has 0 aromatic carbocycles. The number of carbonyl (C=O) groups is 2. The molecule has 1 aliphatic rings. The Morgan fingerprint density at radius 1 is 1.47 bits per heavy atom. The Balaban J connectivity index is 1.92. The van der Waals surface area contributed by atoms with Gasteiger partial charge in [0, 0.05) is 22.7 Å². The van der Waals surface area contributed by atoms with Crippen LogP contribution in [-0.2, 0) is 16.1 Å². The maximum atomic E-state index is 11.5. The highest BCUT2D eigenvalue weighted by molar-refractivity contribution is 7.12. The van der Waals surface area contributed by atoms with Gasteiger partial charge in [-0.05, 0) is 31.9 Å². The molecule has 1 fully saturated rings. The molecule has 1 atom stereocenters. The van der Waals surface area contributed by atoms with Crippen molar-refractivity contribution in [2.24, 2.45) is 0 Å². The first-order chi connectivity index (χ1) is 8.06. The van der Waals surface area contributed by atoms with Crippen molar-refractivity contribution < 1.29 is 9.59 Å². The van der Waals surface area contributed by atoms with E-state index in [4.69, 9.17) is 0 Å². The largest absolute Gasteiger partial charge is 0.302 e. The van der Waals surface area contributed by atoms with E-state index >= 15 is 0 Å². The topological polar surface area (TPSA) is 58.2 Å². The zero-order valence-corrected chi connectivity index (χ0v) is 10.8. The van der Waals surface area contributed by atoms with Gasteiger partial charge in [0.1, 0.15) is 0 Å². The lowest BCUT2D eigenvalue weighted by Gasteiger charge is -2.21. The zero-order valence-electron chi connectivity index (χ0n) is 10.0. The Hall–Kier alpha value is -1.20. The molecule has 1 aromatic heterocycles. The van der Waals surface area contributed by atoms with Crippen LogP contribution in [0.3, 0.4) is 0 Å². The molecule has 2 N–H and O–H groups in total. The molecule has 17 heavy (non-hydrogen) atoms. The Bertz CT molecular complexity index is 453. The summed E-state index contributed by atoms with van der Waals surface area (Å²) in [5.41, 5.74) is 1.23. The SMILES string of the molecule is Cc1cc(CNC2CCC(=O)NC2=O)c(C)s1. The van der Waals surface area contributed by atoms with E-state index in [2.05, 4.69) is 30.5 Å². The lowest BCUT2D eigenvalue weighted by molar-refractivity contribution is -0.134. The second-order valence-corrected chi connectivity index (χ2v) is 5.78.